The highest BCUT2D eigenvalue weighted by molar-refractivity contribution is 5.62. The number of ether oxygens (including phenoxy) is 1. The summed E-state index contributed by atoms with van der Waals surface area (Å²) >= 11 is 0. The lowest BCUT2D eigenvalue weighted by atomic mass is 10.1. The topological polar surface area (TPSA) is 50.3 Å². The van der Waals surface area contributed by atoms with Crippen molar-refractivity contribution in [2.75, 3.05) is 32.6 Å². The second-order valence-corrected chi connectivity index (χ2v) is 6.24. The van der Waals surface area contributed by atoms with Crippen molar-refractivity contribution in [1.29, 1.82) is 0 Å². The summed E-state index contributed by atoms with van der Waals surface area (Å²) in [6, 6.07) is 10.4. The first-order valence-corrected chi connectivity index (χ1v) is 8.09. The molecule has 0 spiro atoms. The van der Waals surface area contributed by atoms with Crippen molar-refractivity contribution in [3.05, 3.63) is 35.9 Å². The number of piperidine rings is 1. The van der Waals surface area contributed by atoms with Crippen LogP contribution in [0.4, 0.5) is 5.82 Å². The Morgan fingerprint density at radius 1 is 1.22 bits per heavy atom. The number of nitrogens with zero attached hydrogens (tertiary/aromatic N) is 3. The number of methoxy groups -OCH3 is 1. The van der Waals surface area contributed by atoms with Gasteiger partial charge >= 0.3 is 0 Å². The fourth-order valence-corrected chi connectivity index (χ4v) is 3.01. The van der Waals surface area contributed by atoms with Gasteiger partial charge in [-0.1, -0.05) is 0 Å². The molecule has 122 valence electrons. The maximum atomic E-state index is 5.19. The zero-order valence-electron chi connectivity index (χ0n) is 14.0. The first-order valence-electron chi connectivity index (χ1n) is 8.09. The molecule has 2 aromatic rings. The number of aryl methyl sites for hydroxylation is 1. The van der Waals surface area contributed by atoms with E-state index in [-0.39, 0.29) is 0 Å². The molecule has 1 aliphatic heterocycles. The molecule has 1 atom stereocenters. The highest BCUT2D eigenvalue weighted by atomic mass is 16.5. The molecule has 1 saturated heterocycles. The number of anilines is 1. The van der Waals surface area contributed by atoms with Gasteiger partial charge in [0.15, 0.2) is 5.82 Å². The zero-order chi connectivity index (χ0) is 16.2. The molecule has 3 rings (SSSR count). The van der Waals surface area contributed by atoms with E-state index >= 15 is 0 Å². The summed E-state index contributed by atoms with van der Waals surface area (Å²) < 4.78 is 5.19. The maximum absolute atomic E-state index is 5.19. The van der Waals surface area contributed by atoms with Crippen LogP contribution < -0.4 is 10.1 Å². The Bertz CT molecular complexity index is 657. The SMILES string of the molecule is COc1ccc(-c2cc(C)c(N[C@@H]3CCCN(C)C3)nn2)cc1. The van der Waals surface area contributed by atoms with Crippen molar-refractivity contribution in [1.82, 2.24) is 15.1 Å². The van der Waals surface area contributed by atoms with E-state index in [4.69, 9.17) is 4.74 Å². The number of nitrogens with one attached hydrogen (secondary N) is 1. The van der Waals surface area contributed by atoms with Crippen molar-refractivity contribution in [2.24, 2.45) is 0 Å². The van der Waals surface area contributed by atoms with Crippen molar-refractivity contribution in [3.63, 3.8) is 0 Å². The van der Waals surface area contributed by atoms with Crippen LogP contribution in [0.3, 0.4) is 0 Å². The Kier molecular flexibility index (Phi) is 4.76. The summed E-state index contributed by atoms with van der Waals surface area (Å²) in [6.45, 7) is 4.32. The fraction of sp³-hybridized carbons (Fsp3) is 0.444. The van der Waals surface area contributed by atoms with Crippen LogP contribution in [0, 0.1) is 6.92 Å². The Labute approximate surface area is 137 Å². The number of likely N-dealkylation sites (N-methyl/N-ethyl adjacent to an activating group) is 1. The number of aromatic nitrogens is 2. The monoisotopic (exact) mass is 312 g/mol. The minimum Gasteiger partial charge on any atom is -0.497 e. The second kappa shape index (κ2) is 6.96. The van der Waals surface area contributed by atoms with Crippen molar-refractivity contribution in [3.8, 4) is 17.0 Å². The van der Waals surface area contributed by atoms with Crippen LogP contribution in [0.15, 0.2) is 30.3 Å². The van der Waals surface area contributed by atoms with E-state index in [0.717, 1.165) is 34.9 Å². The van der Waals surface area contributed by atoms with E-state index in [0.29, 0.717) is 6.04 Å². The minimum atomic E-state index is 0.452. The van der Waals surface area contributed by atoms with Crippen LogP contribution in [-0.4, -0.2) is 48.4 Å². The summed E-state index contributed by atoms with van der Waals surface area (Å²) in [5, 5.41) is 12.3. The summed E-state index contributed by atoms with van der Waals surface area (Å²) in [6.07, 6.45) is 2.41. The number of benzene rings is 1. The van der Waals surface area contributed by atoms with Crippen LogP contribution in [0.5, 0.6) is 5.75 Å². The van der Waals surface area contributed by atoms with E-state index in [9.17, 15) is 0 Å². The first-order chi connectivity index (χ1) is 11.2. The molecule has 1 N–H and O–H groups in total. The lowest BCUT2D eigenvalue weighted by Gasteiger charge is -2.30. The third-order valence-corrected chi connectivity index (χ3v) is 4.34. The number of hydrogen-bond donors (Lipinski definition) is 1. The van der Waals surface area contributed by atoms with Gasteiger partial charge in [-0.15, -0.1) is 10.2 Å². The summed E-state index contributed by atoms with van der Waals surface area (Å²) in [4.78, 5) is 2.36. The molecule has 0 amide bonds. The van der Waals surface area contributed by atoms with Gasteiger partial charge < -0.3 is 15.0 Å². The van der Waals surface area contributed by atoms with E-state index in [1.165, 1.54) is 19.4 Å². The number of likely N-dealkylation sites (tertiary alicyclic amines) is 1. The molecule has 1 aromatic carbocycles. The van der Waals surface area contributed by atoms with Crippen molar-refractivity contribution in [2.45, 2.75) is 25.8 Å². The van der Waals surface area contributed by atoms with Gasteiger partial charge in [0.25, 0.3) is 0 Å². The molecule has 0 bridgehead atoms. The predicted molar refractivity (Wildman–Crippen MR) is 92.9 cm³/mol. The summed E-state index contributed by atoms with van der Waals surface area (Å²) in [5.41, 5.74) is 3.06. The Morgan fingerprint density at radius 2 is 2.00 bits per heavy atom. The van der Waals surface area contributed by atoms with Gasteiger partial charge in [0.1, 0.15) is 5.75 Å². The van der Waals surface area contributed by atoms with Gasteiger partial charge in [0, 0.05) is 18.2 Å². The molecule has 2 heterocycles. The molecule has 1 aromatic heterocycles. The molecule has 0 unspecified atom stereocenters. The standard InChI is InChI=1S/C18H24N4O/c1-13-11-17(14-6-8-16(23-3)9-7-14)20-21-18(13)19-15-5-4-10-22(2)12-15/h6-9,11,15H,4-5,10,12H2,1-3H3,(H,19,21)/t15-/m1/s1. The minimum absolute atomic E-state index is 0.452. The van der Waals surface area contributed by atoms with Crippen molar-refractivity contribution >= 4 is 5.82 Å². The number of rotatable bonds is 4. The smallest absolute Gasteiger partial charge is 0.151 e. The van der Waals surface area contributed by atoms with Gasteiger partial charge in [0.05, 0.1) is 12.8 Å². The molecule has 0 aliphatic carbocycles. The molecule has 0 saturated carbocycles. The second-order valence-electron chi connectivity index (χ2n) is 6.24. The zero-order valence-corrected chi connectivity index (χ0v) is 14.0. The third kappa shape index (κ3) is 3.79. The highest BCUT2D eigenvalue weighted by Crippen LogP contribution is 2.23. The summed E-state index contributed by atoms with van der Waals surface area (Å²) in [7, 11) is 3.83. The van der Waals surface area contributed by atoms with Crippen LogP contribution in [0.2, 0.25) is 0 Å². The lowest BCUT2D eigenvalue weighted by Crippen LogP contribution is -2.40. The van der Waals surface area contributed by atoms with E-state index < -0.39 is 0 Å². The Balaban J connectivity index is 1.74. The van der Waals surface area contributed by atoms with Gasteiger partial charge in [-0.2, -0.15) is 0 Å². The molecule has 1 fully saturated rings. The fourth-order valence-electron chi connectivity index (χ4n) is 3.01. The maximum Gasteiger partial charge on any atom is 0.151 e. The molecular formula is C18H24N4O. The molecule has 0 radical (unpaired) electrons. The first kappa shape index (κ1) is 15.7. The van der Waals surface area contributed by atoms with Crippen LogP contribution in [0.25, 0.3) is 11.3 Å². The predicted octanol–water partition coefficient (Wildman–Crippen LogP) is 2.97. The number of hydrogen-bond acceptors (Lipinski definition) is 5. The van der Waals surface area contributed by atoms with Crippen LogP contribution >= 0.6 is 0 Å². The lowest BCUT2D eigenvalue weighted by molar-refractivity contribution is 0.260. The quantitative estimate of drug-likeness (QED) is 0.940. The summed E-state index contributed by atoms with van der Waals surface area (Å²) in [5.74, 6) is 1.74. The van der Waals surface area contributed by atoms with Crippen LogP contribution in [-0.2, 0) is 0 Å². The van der Waals surface area contributed by atoms with E-state index in [1.807, 2.05) is 24.3 Å². The molecule has 23 heavy (non-hydrogen) atoms. The Hall–Kier alpha value is -2.14. The van der Waals surface area contributed by atoms with Crippen molar-refractivity contribution < 1.29 is 4.74 Å². The average molecular weight is 312 g/mol. The molecule has 5 heteroatoms. The van der Waals surface area contributed by atoms with E-state index in [2.05, 4.69) is 40.5 Å². The highest BCUT2D eigenvalue weighted by Gasteiger charge is 2.18. The van der Waals surface area contributed by atoms with Gasteiger partial charge in [-0.05, 0) is 69.3 Å². The van der Waals surface area contributed by atoms with Gasteiger partial charge in [-0.3, -0.25) is 0 Å². The molecular weight excluding hydrogens is 288 g/mol. The third-order valence-electron chi connectivity index (χ3n) is 4.34. The van der Waals surface area contributed by atoms with E-state index in [1.54, 1.807) is 7.11 Å². The normalized spacial score (nSPS) is 18.7. The largest absolute Gasteiger partial charge is 0.497 e. The van der Waals surface area contributed by atoms with Crippen LogP contribution in [0.1, 0.15) is 18.4 Å². The molecule has 1 aliphatic rings. The molecule has 5 nitrogen and oxygen atoms in total. The van der Waals surface area contributed by atoms with Gasteiger partial charge in [-0.25, -0.2) is 0 Å². The van der Waals surface area contributed by atoms with Gasteiger partial charge in [0.2, 0.25) is 0 Å². The average Bonchev–Trinajstić information content (AvgIpc) is 2.57. The Morgan fingerprint density at radius 3 is 2.65 bits per heavy atom.